The van der Waals surface area contributed by atoms with Crippen LogP contribution in [-0.4, -0.2) is 20.8 Å². The number of fused-ring (bicyclic) bond motifs is 1. The molecule has 0 fully saturated rings. The fourth-order valence-electron chi connectivity index (χ4n) is 3.23. The molecule has 2 N–H and O–H groups in total. The lowest BCUT2D eigenvalue weighted by molar-refractivity contribution is -0.122. The topological polar surface area (TPSA) is 67.2 Å². The Kier molecular flexibility index (Phi) is 5.00. The molecule has 2 unspecified atom stereocenters. The molecule has 0 aliphatic heterocycles. The zero-order chi connectivity index (χ0) is 17.1. The number of benzene rings is 1. The van der Waals surface area contributed by atoms with E-state index >= 15 is 0 Å². The summed E-state index contributed by atoms with van der Waals surface area (Å²) in [6.07, 6.45) is 5.92. The van der Waals surface area contributed by atoms with E-state index in [0.717, 1.165) is 12.0 Å². The van der Waals surface area contributed by atoms with Crippen LogP contribution in [0.5, 0.6) is 0 Å². The highest BCUT2D eigenvalue weighted by molar-refractivity contribution is 5.76. The molecule has 1 heterocycles. The highest BCUT2D eigenvalue weighted by atomic mass is 16.3. The number of carbonyl (C=O) groups is 1. The highest BCUT2D eigenvalue weighted by Crippen LogP contribution is 2.24. The zero-order valence-corrected chi connectivity index (χ0v) is 14.3. The third-order valence-corrected chi connectivity index (χ3v) is 4.64. The third-order valence-electron chi connectivity index (χ3n) is 4.64. The highest BCUT2D eigenvalue weighted by Gasteiger charge is 2.15. The van der Waals surface area contributed by atoms with Crippen LogP contribution in [0.25, 0.3) is 0 Å². The van der Waals surface area contributed by atoms with Crippen molar-refractivity contribution in [2.75, 3.05) is 0 Å². The maximum atomic E-state index is 12.2. The van der Waals surface area contributed by atoms with Gasteiger partial charge in [0.05, 0.1) is 17.8 Å². The first-order chi connectivity index (χ1) is 11.5. The monoisotopic (exact) mass is 327 g/mol. The van der Waals surface area contributed by atoms with Crippen molar-refractivity contribution in [2.45, 2.75) is 58.2 Å². The minimum atomic E-state index is -0.622. The zero-order valence-electron chi connectivity index (χ0n) is 14.3. The number of nitrogens with zero attached hydrogens (tertiary/aromatic N) is 2. The van der Waals surface area contributed by atoms with Crippen molar-refractivity contribution < 1.29 is 9.90 Å². The molecule has 0 radical (unpaired) electrons. The SMILES string of the molecule is CC(O)c1ccn(CC(=O)NC(C)c2ccc3c(c2)CCCC3)n1. The number of aryl methyl sites for hydroxylation is 2. The van der Waals surface area contributed by atoms with Gasteiger partial charge in [0, 0.05) is 6.20 Å². The van der Waals surface area contributed by atoms with Crippen LogP contribution in [0, 0.1) is 0 Å². The van der Waals surface area contributed by atoms with Crippen molar-refractivity contribution in [2.24, 2.45) is 0 Å². The lowest BCUT2D eigenvalue weighted by atomic mass is 9.89. The van der Waals surface area contributed by atoms with Gasteiger partial charge >= 0.3 is 0 Å². The van der Waals surface area contributed by atoms with Gasteiger partial charge in [-0.25, -0.2) is 0 Å². The summed E-state index contributed by atoms with van der Waals surface area (Å²) in [5, 5.41) is 16.7. The lowest BCUT2D eigenvalue weighted by Crippen LogP contribution is -2.30. The van der Waals surface area contributed by atoms with Crippen molar-refractivity contribution in [1.29, 1.82) is 0 Å². The maximum absolute atomic E-state index is 12.2. The molecule has 2 aromatic rings. The predicted octanol–water partition coefficient (Wildman–Crippen LogP) is 2.69. The fourth-order valence-corrected chi connectivity index (χ4v) is 3.23. The number of aliphatic hydroxyl groups excluding tert-OH is 1. The number of amides is 1. The molecule has 3 rings (SSSR count). The van der Waals surface area contributed by atoms with Gasteiger partial charge in [0.2, 0.25) is 5.91 Å². The maximum Gasteiger partial charge on any atom is 0.242 e. The number of rotatable bonds is 5. The fraction of sp³-hybridized carbons (Fsp3) is 0.474. The van der Waals surface area contributed by atoms with E-state index in [-0.39, 0.29) is 18.5 Å². The molecule has 5 heteroatoms. The van der Waals surface area contributed by atoms with Crippen LogP contribution in [0.3, 0.4) is 0 Å². The van der Waals surface area contributed by atoms with Gasteiger partial charge in [-0.15, -0.1) is 0 Å². The lowest BCUT2D eigenvalue weighted by Gasteiger charge is -2.20. The molecule has 0 spiro atoms. The average Bonchev–Trinajstić information content (AvgIpc) is 3.03. The molecule has 5 nitrogen and oxygen atoms in total. The Bertz CT molecular complexity index is 721. The van der Waals surface area contributed by atoms with E-state index in [4.69, 9.17) is 0 Å². The van der Waals surface area contributed by atoms with E-state index in [9.17, 15) is 9.90 Å². The van der Waals surface area contributed by atoms with E-state index in [2.05, 4.69) is 28.6 Å². The van der Waals surface area contributed by atoms with Crippen LogP contribution in [-0.2, 0) is 24.2 Å². The van der Waals surface area contributed by atoms with Crippen molar-refractivity contribution in [3.63, 3.8) is 0 Å². The second-order valence-corrected chi connectivity index (χ2v) is 6.64. The summed E-state index contributed by atoms with van der Waals surface area (Å²) in [6.45, 7) is 3.82. The van der Waals surface area contributed by atoms with Crippen LogP contribution < -0.4 is 5.32 Å². The van der Waals surface area contributed by atoms with Crippen LogP contribution in [0.2, 0.25) is 0 Å². The Hall–Kier alpha value is -2.14. The van der Waals surface area contributed by atoms with Crippen molar-refractivity contribution in [3.05, 3.63) is 52.8 Å². The first-order valence-corrected chi connectivity index (χ1v) is 8.65. The molecule has 2 atom stereocenters. The Morgan fingerprint density at radius 2 is 2.00 bits per heavy atom. The molecule has 1 aliphatic rings. The Morgan fingerprint density at radius 1 is 1.25 bits per heavy atom. The molecule has 128 valence electrons. The Labute approximate surface area is 142 Å². The van der Waals surface area contributed by atoms with Gasteiger partial charge in [-0.05, 0) is 62.3 Å². The van der Waals surface area contributed by atoms with Gasteiger partial charge in [-0.2, -0.15) is 5.10 Å². The average molecular weight is 327 g/mol. The number of aromatic nitrogens is 2. The largest absolute Gasteiger partial charge is 0.387 e. The van der Waals surface area contributed by atoms with E-state index in [0.29, 0.717) is 5.69 Å². The van der Waals surface area contributed by atoms with Gasteiger partial charge < -0.3 is 10.4 Å². The normalized spacial score (nSPS) is 16.3. The van der Waals surface area contributed by atoms with E-state index in [1.807, 2.05) is 6.92 Å². The smallest absolute Gasteiger partial charge is 0.242 e. The number of hydrogen-bond acceptors (Lipinski definition) is 3. The molecular formula is C19H25N3O2. The number of aliphatic hydroxyl groups is 1. The van der Waals surface area contributed by atoms with E-state index < -0.39 is 6.10 Å². The summed E-state index contributed by atoms with van der Waals surface area (Å²) in [7, 11) is 0. The predicted molar refractivity (Wildman–Crippen MR) is 92.5 cm³/mol. The van der Waals surface area contributed by atoms with Gasteiger partial charge in [0.25, 0.3) is 0 Å². The van der Waals surface area contributed by atoms with E-state index in [1.54, 1.807) is 23.9 Å². The summed E-state index contributed by atoms with van der Waals surface area (Å²) < 4.78 is 1.55. The third kappa shape index (κ3) is 3.85. The molecule has 0 saturated carbocycles. The number of nitrogens with one attached hydrogen (secondary N) is 1. The molecule has 0 bridgehead atoms. The summed E-state index contributed by atoms with van der Waals surface area (Å²) >= 11 is 0. The summed E-state index contributed by atoms with van der Waals surface area (Å²) in [5.41, 5.74) is 4.60. The second kappa shape index (κ2) is 7.18. The van der Waals surface area contributed by atoms with Crippen molar-refractivity contribution >= 4 is 5.91 Å². The van der Waals surface area contributed by atoms with Crippen molar-refractivity contribution in [3.8, 4) is 0 Å². The van der Waals surface area contributed by atoms with Gasteiger partial charge in [-0.3, -0.25) is 9.48 Å². The number of hydrogen-bond donors (Lipinski definition) is 2. The molecule has 0 saturated heterocycles. The molecule has 24 heavy (non-hydrogen) atoms. The van der Waals surface area contributed by atoms with Crippen LogP contribution in [0.1, 0.15) is 61.2 Å². The Morgan fingerprint density at radius 3 is 2.71 bits per heavy atom. The minimum absolute atomic E-state index is 0.0310. The van der Waals surface area contributed by atoms with Crippen LogP contribution in [0.15, 0.2) is 30.5 Å². The molecule has 1 aliphatic carbocycles. The first kappa shape index (κ1) is 16.7. The first-order valence-electron chi connectivity index (χ1n) is 8.65. The van der Waals surface area contributed by atoms with Gasteiger partial charge in [0.1, 0.15) is 6.54 Å². The molecular weight excluding hydrogens is 302 g/mol. The second-order valence-electron chi connectivity index (χ2n) is 6.64. The summed E-state index contributed by atoms with van der Waals surface area (Å²) in [6, 6.07) is 8.25. The molecule has 1 amide bonds. The van der Waals surface area contributed by atoms with Crippen LogP contribution >= 0.6 is 0 Å². The number of carbonyl (C=O) groups excluding carboxylic acids is 1. The summed E-state index contributed by atoms with van der Waals surface area (Å²) in [4.78, 5) is 12.2. The van der Waals surface area contributed by atoms with Gasteiger partial charge in [0.15, 0.2) is 0 Å². The quantitative estimate of drug-likeness (QED) is 0.887. The Balaban J connectivity index is 1.61. The molecule has 1 aromatic carbocycles. The van der Waals surface area contributed by atoms with E-state index in [1.165, 1.54) is 30.4 Å². The summed E-state index contributed by atoms with van der Waals surface area (Å²) in [5.74, 6) is -0.0829. The standard InChI is InChI=1S/C19H25N3O2/c1-13(16-8-7-15-5-3-4-6-17(15)11-16)20-19(24)12-22-10-9-18(21-22)14(2)23/h7-11,13-14,23H,3-6,12H2,1-2H3,(H,20,24). The molecule has 1 aromatic heterocycles. The van der Waals surface area contributed by atoms with Crippen LogP contribution in [0.4, 0.5) is 0 Å². The van der Waals surface area contributed by atoms with Gasteiger partial charge in [-0.1, -0.05) is 18.2 Å². The van der Waals surface area contributed by atoms with Crippen molar-refractivity contribution in [1.82, 2.24) is 15.1 Å². The minimum Gasteiger partial charge on any atom is -0.387 e.